The smallest absolute Gasteiger partial charge is 0.0681 e. The van der Waals surface area contributed by atoms with E-state index in [0.717, 1.165) is 15.6 Å². The predicted molar refractivity (Wildman–Crippen MR) is 65.5 cm³/mol. The highest BCUT2D eigenvalue weighted by Gasteiger charge is 1.98. The Balaban J connectivity index is 2.37. The van der Waals surface area contributed by atoms with Crippen LogP contribution in [-0.2, 0) is 6.61 Å². The zero-order valence-corrected chi connectivity index (χ0v) is 9.74. The van der Waals surface area contributed by atoms with Crippen LogP contribution in [0.5, 0.6) is 0 Å². The zero-order valence-electron chi connectivity index (χ0n) is 8.15. The van der Waals surface area contributed by atoms with Gasteiger partial charge in [0.05, 0.1) is 6.61 Å². The minimum Gasteiger partial charge on any atom is -0.392 e. The van der Waals surface area contributed by atoms with Gasteiger partial charge in [-0.15, -0.1) is 0 Å². The van der Waals surface area contributed by atoms with Crippen molar-refractivity contribution in [2.24, 2.45) is 0 Å². The molecule has 0 heterocycles. The molecule has 0 aromatic heterocycles. The molecule has 1 N–H and O–H groups in total. The Labute approximate surface area is 97.5 Å². The molecule has 0 saturated heterocycles. The largest absolute Gasteiger partial charge is 0.392 e. The lowest BCUT2D eigenvalue weighted by Crippen LogP contribution is -1.83. The molecule has 0 aliphatic carbocycles. The summed E-state index contributed by atoms with van der Waals surface area (Å²) in [6.07, 6.45) is 0. The summed E-state index contributed by atoms with van der Waals surface area (Å²) < 4.78 is 1.08. The first-order valence-corrected chi connectivity index (χ1v) is 5.54. The van der Waals surface area contributed by atoms with Crippen LogP contribution in [0.4, 0.5) is 0 Å². The highest BCUT2D eigenvalue weighted by molar-refractivity contribution is 9.10. The quantitative estimate of drug-likeness (QED) is 0.877. The molecule has 2 aromatic carbocycles. The molecule has 0 aliphatic heterocycles. The van der Waals surface area contributed by atoms with Crippen LogP contribution in [0.15, 0.2) is 53.0 Å². The van der Waals surface area contributed by atoms with Gasteiger partial charge in [-0.1, -0.05) is 52.3 Å². The summed E-state index contributed by atoms with van der Waals surface area (Å²) in [7, 11) is 0. The summed E-state index contributed by atoms with van der Waals surface area (Å²) in [5, 5.41) is 8.94. The molecule has 2 heteroatoms. The van der Waals surface area contributed by atoms with E-state index in [1.54, 1.807) is 0 Å². The van der Waals surface area contributed by atoms with E-state index in [2.05, 4.69) is 28.1 Å². The molecule has 0 aliphatic rings. The summed E-state index contributed by atoms with van der Waals surface area (Å²) >= 11 is 3.45. The van der Waals surface area contributed by atoms with Gasteiger partial charge < -0.3 is 5.11 Å². The molecule has 2 rings (SSSR count). The fraction of sp³-hybridized carbons (Fsp3) is 0.0769. The van der Waals surface area contributed by atoms with Gasteiger partial charge in [-0.2, -0.15) is 0 Å². The number of rotatable bonds is 2. The van der Waals surface area contributed by atoms with E-state index in [1.807, 2.05) is 36.4 Å². The molecule has 0 spiro atoms. The summed E-state index contributed by atoms with van der Waals surface area (Å²) in [5.41, 5.74) is 3.27. The fourth-order valence-corrected chi connectivity index (χ4v) is 1.87. The molecule has 0 saturated carbocycles. The van der Waals surface area contributed by atoms with E-state index < -0.39 is 0 Å². The lowest BCUT2D eigenvalue weighted by atomic mass is 10.0. The highest BCUT2D eigenvalue weighted by Crippen LogP contribution is 2.23. The fourth-order valence-electron chi connectivity index (χ4n) is 1.47. The zero-order chi connectivity index (χ0) is 10.7. The lowest BCUT2D eigenvalue weighted by molar-refractivity contribution is 0.282. The molecule has 0 unspecified atom stereocenters. The van der Waals surface area contributed by atoms with Gasteiger partial charge in [0, 0.05) is 4.47 Å². The lowest BCUT2D eigenvalue weighted by Gasteiger charge is -2.03. The van der Waals surface area contributed by atoms with Crippen LogP contribution in [0.1, 0.15) is 5.56 Å². The molecule has 15 heavy (non-hydrogen) atoms. The van der Waals surface area contributed by atoms with Crippen molar-refractivity contribution in [3.63, 3.8) is 0 Å². The normalized spacial score (nSPS) is 10.3. The molecular weight excluding hydrogens is 252 g/mol. The van der Waals surface area contributed by atoms with E-state index >= 15 is 0 Å². The SMILES string of the molecule is OCc1ccc(-c2cccc(Br)c2)cc1. The van der Waals surface area contributed by atoms with Crippen molar-refractivity contribution in [2.75, 3.05) is 0 Å². The molecule has 2 aromatic rings. The Morgan fingerprint density at radius 2 is 1.67 bits per heavy atom. The molecule has 0 fully saturated rings. The monoisotopic (exact) mass is 262 g/mol. The van der Waals surface area contributed by atoms with Crippen LogP contribution in [0.2, 0.25) is 0 Å². The average Bonchev–Trinajstić information content (AvgIpc) is 2.29. The van der Waals surface area contributed by atoms with Gasteiger partial charge in [0.15, 0.2) is 0 Å². The van der Waals surface area contributed by atoms with Crippen LogP contribution in [-0.4, -0.2) is 5.11 Å². The number of benzene rings is 2. The Morgan fingerprint density at radius 1 is 0.933 bits per heavy atom. The third-order valence-electron chi connectivity index (χ3n) is 2.29. The molecule has 0 radical (unpaired) electrons. The van der Waals surface area contributed by atoms with Crippen LogP contribution < -0.4 is 0 Å². The number of hydrogen-bond donors (Lipinski definition) is 1. The van der Waals surface area contributed by atoms with Gasteiger partial charge in [-0.05, 0) is 28.8 Å². The first kappa shape index (κ1) is 10.4. The predicted octanol–water partition coefficient (Wildman–Crippen LogP) is 3.61. The first-order valence-electron chi connectivity index (χ1n) is 4.75. The van der Waals surface area contributed by atoms with E-state index in [-0.39, 0.29) is 6.61 Å². The Hall–Kier alpha value is -1.12. The average molecular weight is 263 g/mol. The van der Waals surface area contributed by atoms with E-state index in [4.69, 9.17) is 5.11 Å². The van der Waals surface area contributed by atoms with Crippen LogP contribution >= 0.6 is 15.9 Å². The number of aliphatic hydroxyl groups excluding tert-OH is 1. The van der Waals surface area contributed by atoms with Gasteiger partial charge in [0.1, 0.15) is 0 Å². The summed E-state index contributed by atoms with van der Waals surface area (Å²) in [6, 6.07) is 16.1. The second-order valence-electron chi connectivity index (χ2n) is 3.37. The second kappa shape index (κ2) is 4.60. The van der Waals surface area contributed by atoms with Crippen molar-refractivity contribution in [2.45, 2.75) is 6.61 Å². The van der Waals surface area contributed by atoms with Crippen molar-refractivity contribution in [1.82, 2.24) is 0 Å². The summed E-state index contributed by atoms with van der Waals surface area (Å²) in [6.45, 7) is 0.0960. The van der Waals surface area contributed by atoms with Gasteiger partial charge in [0.25, 0.3) is 0 Å². The van der Waals surface area contributed by atoms with Gasteiger partial charge in [0.2, 0.25) is 0 Å². The van der Waals surface area contributed by atoms with Gasteiger partial charge >= 0.3 is 0 Å². The Bertz CT molecular complexity index is 448. The van der Waals surface area contributed by atoms with Crippen molar-refractivity contribution in [1.29, 1.82) is 0 Å². The van der Waals surface area contributed by atoms with Crippen molar-refractivity contribution in [3.8, 4) is 11.1 Å². The summed E-state index contributed by atoms with van der Waals surface area (Å²) in [5.74, 6) is 0. The second-order valence-corrected chi connectivity index (χ2v) is 4.28. The number of halogens is 1. The minimum atomic E-state index is 0.0960. The molecule has 76 valence electrons. The van der Waals surface area contributed by atoms with Gasteiger partial charge in [-0.25, -0.2) is 0 Å². The maximum Gasteiger partial charge on any atom is 0.0681 e. The molecule has 1 nitrogen and oxygen atoms in total. The minimum absolute atomic E-state index is 0.0960. The first-order chi connectivity index (χ1) is 7.29. The van der Waals surface area contributed by atoms with E-state index in [1.165, 1.54) is 5.56 Å². The standard InChI is InChI=1S/C13H11BrO/c14-13-3-1-2-12(8-13)11-6-4-10(9-15)5-7-11/h1-8,15H,9H2. The third kappa shape index (κ3) is 2.46. The molecular formula is C13H11BrO. The van der Waals surface area contributed by atoms with Crippen molar-refractivity contribution >= 4 is 15.9 Å². The van der Waals surface area contributed by atoms with Gasteiger partial charge in [-0.3, -0.25) is 0 Å². The summed E-state index contributed by atoms with van der Waals surface area (Å²) in [4.78, 5) is 0. The number of hydrogen-bond acceptors (Lipinski definition) is 1. The third-order valence-corrected chi connectivity index (χ3v) is 2.79. The van der Waals surface area contributed by atoms with Crippen LogP contribution in [0.25, 0.3) is 11.1 Å². The Morgan fingerprint density at radius 3 is 2.27 bits per heavy atom. The molecule has 0 atom stereocenters. The maximum absolute atomic E-state index is 8.94. The van der Waals surface area contributed by atoms with Crippen molar-refractivity contribution in [3.05, 3.63) is 58.6 Å². The molecule has 0 amide bonds. The highest BCUT2D eigenvalue weighted by atomic mass is 79.9. The van der Waals surface area contributed by atoms with Crippen LogP contribution in [0, 0.1) is 0 Å². The number of aliphatic hydroxyl groups is 1. The van der Waals surface area contributed by atoms with E-state index in [9.17, 15) is 0 Å². The van der Waals surface area contributed by atoms with E-state index in [0.29, 0.717) is 0 Å². The maximum atomic E-state index is 8.94. The van der Waals surface area contributed by atoms with Crippen molar-refractivity contribution < 1.29 is 5.11 Å². The van der Waals surface area contributed by atoms with Crippen LogP contribution in [0.3, 0.4) is 0 Å². The molecule has 0 bridgehead atoms. The Kier molecular flexibility index (Phi) is 3.19. The topological polar surface area (TPSA) is 20.2 Å².